The van der Waals surface area contributed by atoms with Gasteiger partial charge >= 0.3 is 6.18 Å². The normalized spacial score (nSPS) is 20.4. The van der Waals surface area contributed by atoms with Crippen molar-refractivity contribution in [1.82, 2.24) is 9.78 Å². The van der Waals surface area contributed by atoms with Crippen LogP contribution in [0.2, 0.25) is 0 Å². The smallest absolute Gasteiger partial charge is 0.367 e. The van der Waals surface area contributed by atoms with Crippen LogP contribution in [0.4, 0.5) is 30.4 Å². The van der Waals surface area contributed by atoms with Crippen LogP contribution in [0.1, 0.15) is 48.8 Å². The molecule has 0 radical (unpaired) electrons. The Hall–Kier alpha value is -3.04. The van der Waals surface area contributed by atoms with Gasteiger partial charge in [-0.25, -0.2) is 4.68 Å². The standard InChI is InChI=1S/C20H22F3N5O2/c1-3-13-9-17(20(21,22)23)28-18(24-13)10-15(26-28)19(30)25-14-4-5-16-12(8-14)6-7-27(16)11(2)29/h4-5,8,10,13,17,24H,3,6-7,9H2,1-2H3,(H,25,30)/t13-,17-/m1/s1. The van der Waals surface area contributed by atoms with Crippen LogP contribution in [-0.4, -0.2) is 40.4 Å². The van der Waals surface area contributed by atoms with E-state index < -0.39 is 18.1 Å². The third-order valence-electron chi connectivity index (χ3n) is 5.61. The molecule has 1 aromatic carbocycles. The number of alkyl halides is 3. The molecule has 0 fully saturated rings. The Morgan fingerprint density at radius 2 is 2.07 bits per heavy atom. The quantitative estimate of drug-likeness (QED) is 0.791. The number of hydrogen-bond donors (Lipinski definition) is 2. The lowest BCUT2D eigenvalue weighted by Gasteiger charge is -2.32. The van der Waals surface area contributed by atoms with Gasteiger partial charge in [0.2, 0.25) is 5.91 Å². The van der Waals surface area contributed by atoms with E-state index in [-0.39, 0.29) is 29.9 Å². The molecule has 0 aliphatic carbocycles. The summed E-state index contributed by atoms with van der Waals surface area (Å²) in [7, 11) is 0. The van der Waals surface area contributed by atoms with E-state index in [4.69, 9.17) is 0 Å². The molecule has 0 saturated heterocycles. The first-order chi connectivity index (χ1) is 14.2. The van der Waals surface area contributed by atoms with Gasteiger partial charge in [-0.1, -0.05) is 6.92 Å². The van der Waals surface area contributed by atoms with E-state index in [0.717, 1.165) is 15.9 Å². The molecule has 2 aliphatic heterocycles. The van der Waals surface area contributed by atoms with E-state index in [0.29, 0.717) is 25.1 Å². The Morgan fingerprint density at radius 1 is 1.30 bits per heavy atom. The van der Waals surface area contributed by atoms with Crippen LogP contribution in [0.15, 0.2) is 24.3 Å². The SMILES string of the molecule is CC[C@@H]1C[C@H](C(F)(F)F)n2nc(C(=O)Nc3ccc4c(c3)CCN4C(C)=O)cc2N1. The minimum absolute atomic E-state index is 0.0498. The molecule has 2 N–H and O–H groups in total. The van der Waals surface area contributed by atoms with Gasteiger partial charge in [0.25, 0.3) is 5.91 Å². The van der Waals surface area contributed by atoms with E-state index in [1.165, 1.54) is 13.0 Å². The molecular weight excluding hydrogens is 399 g/mol. The first-order valence-corrected chi connectivity index (χ1v) is 9.82. The zero-order valence-electron chi connectivity index (χ0n) is 16.6. The fraction of sp³-hybridized carbons (Fsp3) is 0.450. The molecule has 0 saturated carbocycles. The predicted octanol–water partition coefficient (Wildman–Crippen LogP) is 3.74. The molecule has 4 rings (SSSR count). The van der Waals surface area contributed by atoms with Crippen molar-refractivity contribution in [3.8, 4) is 0 Å². The van der Waals surface area contributed by atoms with Crippen molar-refractivity contribution in [2.45, 2.75) is 51.4 Å². The number of amides is 2. The number of carbonyl (C=O) groups excluding carboxylic acids is 2. The van der Waals surface area contributed by atoms with Gasteiger partial charge in [0.15, 0.2) is 11.7 Å². The fourth-order valence-corrected chi connectivity index (χ4v) is 4.03. The number of hydrogen-bond acceptors (Lipinski definition) is 4. The van der Waals surface area contributed by atoms with E-state index in [1.807, 2.05) is 6.92 Å². The molecule has 10 heteroatoms. The minimum atomic E-state index is -4.45. The van der Waals surface area contributed by atoms with Gasteiger partial charge in [-0.05, 0) is 43.0 Å². The van der Waals surface area contributed by atoms with Gasteiger partial charge in [0.05, 0.1) is 0 Å². The number of fused-ring (bicyclic) bond motifs is 2. The molecule has 1 aromatic heterocycles. The van der Waals surface area contributed by atoms with Crippen molar-refractivity contribution in [3.63, 3.8) is 0 Å². The summed E-state index contributed by atoms with van der Waals surface area (Å²) >= 11 is 0. The molecule has 0 spiro atoms. The van der Waals surface area contributed by atoms with E-state index in [2.05, 4.69) is 15.7 Å². The second kappa shape index (κ2) is 7.33. The second-order valence-corrected chi connectivity index (χ2v) is 7.62. The number of rotatable bonds is 3. The zero-order chi connectivity index (χ0) is 21.6. The van der Waals surface area contributed by atoms with Crippen LogP contribution in [-0.2, 0) is 11.2 Å². The van der Waals surface area contributed by atoms with Crippen LogP contribution in [0.3, 0.4) is 0 Å². The molecule has 160 valence electrons. The third-order valence-corrected chi connectivity index (χ3v) is 5.61. The van der Waals surface area contributed by atoms with Crippen molar-refractivity contribution in [3.05, 3.63) is 35.5 Å². The lowest BCUT2D eigenvalue weighted by atomic mass is 10.0. The van der Waals surface area contributed by atoms with E-state index >= 15 is 0 Å². The number of benzene rings is 1. The van der Waals surface area contributed by atoms with Crippen LogP contribution in [0.25, 0.3) is 0 Å². The first kappa shape index (κ1) is 20.2. The summed E-state index contributed by atoms with van der Waals surface area (Å²) in [5, 5.41) is 9.65. The topological polar surface area (TPSA) is 79.3 Å². The van der Waals surface area contributed by atoms with Crippen LogP contribution < -0.4 is 15.5 Å². The van der Waals surface area contributed by atoms with Crippen molar-refractivity contribution in [2.75, 3.05) is 22.1 Å². The average Bonchev–Trinajstić information content (AvgIpc) is 3.29. The summed E-state index contributed by atoms with van der Waals surface area (Å²) in [6.45, 7) is 3.89. The van der Waals surface area contributed by atoms with Gasteiger partial charge in [-0.2, -0.15) is 18.3 Å². The van der Waals surface area contributed by atoms with Crippen molar-refractivity contribution in [2.24, 2.45) is 0 Å². The first-order valence-electron chi connectivity index (χ1n) is 9.82. The van der Waals surface area contributed by atoms with Gasteiger partial charge in [0.1, 0.15) is 5.82 Å². The highest BCUT2D eigenvalue weighted by molar-refractivity contribution is 6.04. The number of nitrogens with one attached hydrogen (secondary N) is 2. The van der Waals surface area contributed by atoms with Gasteiger partial charge in [0, 0.05) is 37.0 Å². The molecule has 0 unspecified atom stereocenters. The largest absolute Gasteiger partial charge is 0.410 e. The second-order valence-electron chi connectivity index (χ2n) is 7.62. The monoisotopic (exact) mass is 421 g/mol. The average molecular weight is 421 g/mol. The molecule has 2 amide bonds. The maximum Gasteiger partial charge on any atom is 0.410 e. The fourth-order valence-electron chi connectivity index (χ4n) is 4.03. The lowest BCUT2D eigenvalue weighted by molar-refractivity contribution is -0.173. The number of carbonyl (C=O) groups is 2. The molecule has 2 aliphatic rings. The lowest BCUT2D eigenvalue weighted by Crippen LogP contribution is -2.38. The summed E-state index contributed by atoms with van der Waals surface area (Å²) in [6.07, 6.45) is -3.38. The van der Waals surface area contributed by atoms with E-state index in [9.17, 15) is 22.8 Å². The summed E-state index contributed by atoms with van der Waals surface area (Å²) < 4.78 is 41.3. The summed E-state index contributed by atoms with van der Waals surface area (Å²) in [5.74, 6) is -0.452. The number of halogens is 3. The molecule has 0 bridgehead atoms. The van der Waals surface area contributed by atoms with Gasteiger partial charge < -0.3 is 15.5 Å². The summed E-state index contributed by atoms with van der Waals surface area (Å²) in [6, 6.07) is 4.44. The maximum atomic E-state index is 13.5. The highest BCUT2D eigenvalue weighted by atomic mass is 19.4. The molecule has 30 heavy (non-hydrogen) atoms. The molecule has 2 aromatic rings. The Morgan fingerprint density at radius 3 is 2.73 bits per heavy atom. The zero-order valence-corrected chi connectivity index (χ0v) is 16.6. The van der Waals surface area contributed by atoms with Gasteiger partial charge in [-0.3, -0.25) is 9.59 Å². The highest BCUT2D eigenvalue weighted by Crippen LogP contribution is 2.40. The third kappa shape index (κ3) is 3.61. The Bertz CT molecular complexity index is 1000. The Balaban J connectivity index is 1.56. The predicted molar refractivity (Wildman–Crippen MR) is 106 cm³/mol. The van der Waals surface area contributed by atoms with Crippen molar-refractivity contribution < 1.29 is 22.8 Å². The highest BCUT2D eigenvalue weighted by Gasteiger charge is 2.46. The number of nitrogens with zero attached hydrogens (tertiary/aromatic N) is 3. The molecular formula is C20H22F3N5O2. The Labute approximate surface area is 171 Å². The van der Waals surface area contributed by atoms with Crippen molar-refractivity contribution >= 4 is 29.0 Å². The Kier molecular flexibility index (Phi) is 4.95. The number of aromatic nitrogens is 2. The summed E-state index contributed by atoms with van der Waals surface area (Å²) in [4.78, 5) is 26.0. The number of anilines is 3. The van der Waals surface area contributed by atoms with Crippen LogP contribution in [0, 0.1) is 0 Å². The molecule has 2 atom stereocenters. The maximum absolute atomic E-state index is 13.5. The summed E-state index contributed by atoms with van der Waals surface area (Å²) in [5.41, 5.74) is 2.15. The van der Waals surface area contributed by atoms with E-state index in [1.54, 1.807) is 23.1 Å². The van der Waals surface area contributed by atoms with Crippen LogP contribution >= 0.6 is 0 Å². The minimum Gasteiger partial charge on any atom is -0.367 e. The van der Waals surface area contributed by atoms with Gasteiger partial charge in [-0.15, -0.1) is 0 Å². The van der Waals surface area contributed by atoms with Crippen molar-refractivity contribution in [1.29, 1.82) is 0 Å². The van der Waals surface area contributed by atoms with Crippen LogP contribution in [0.5, 0.6) is 0 Å². The molecule has 3 heterocycles. The molecule has 7 nitrogen and oxygen atoms in total.